The topological polar surface area (TPSA) is 90.6 Å². The third-order valence-corrected chi connectivity index (χ3v) is 5.00. The van der Waals surface area contributed by atoms with Gasteiger partial charge in [-0.3, -0.25) is 0 Å². The lowest BCUT2D eigenvalue weighted by atomic mass is 10.1. The zero-order valence-electron chi connectivity index (χ0n) is 16.4. The van der Waals surface area contributed by atoms with Crippen LogP contribution in [0.3, 0.4) is 0 Å². The van der Waals surface area contributed by atoms with Crippen molar-refractivity contribution in [3.8, 4) is 17.2 Å². The fourth-order valence-corrected chi connectivity index (χ4v) is 3.47. The normalized spacial score (nSPS) is 16.1. The Balaban J connectivity index is 1.46. The van der Waals surface area contributed by atoms with E-state index < -0.39 is 0 Å². The molecular weight excluding hydrogens is 372 g/mol. The summed E-state index contributed by atoms with van der Waals surface area (Å²) in [5, 5.41) is 4.06. The van der Waals surface area contributed by atoms with E-state index in [0.29, 0.717) is 18.1 Å². The molecule has 0 bridgehead atoms. The second-order valence-corrected chi connectivity index (χ2v) is 6.82. The number of methoxy groups -OCH3 is 2. The van der Waals surface area contributed by atoms with Crippen LogP contribution >= 0.6 is 0 Å². The average Bonchev–Trinajstić information content (AvgIpc) is 3.44. The average molecular weight is 394 g/mol. The monoisotopic (exact) mass is 394 g/mol. The number of carbonyl (C=O) groups excluding carboxylic acids is 1. The van der Waals surface area contributed by atoms with Gasteiger partial charge in [0.25, 0.3) is 5.89 Å². The van der Waals surface area contributed by atoms with Gasteiger partial charge in [0.05, 0.1) is 19.8 Å². The third kappa shape index (κ3) is 4.06. The summed E-state index contributed by atoms with van der Waals surface area (Å²) in [7, 11) is 3.05. The summed E-state index contributed by atoms with van der Waals surface area (Å²) in [5.41, 5.74) is 1.80. The van der Waals surface area contributed by atoms with Gasteiger partial charge in [-0.25, -0.2) is 9.78 Å². The predicted octanol–water partition coefficient (Wildman–Crippen LogP) is 2.87. The van der Waals surface area contributed by atoms with Crippen molar-refractivity contribution >= 4 is 11.8 Å². The Morgan fingerprint density at radius 2 is 2.03 bits per heavy atom. The van der Waals surface area contributed by atoms with E-state index in [1.54, 1.807) is 13.3 Å². The number of rotatable bonds is 6. The van der Waals surface area contributed by atoms with Crippen LogP contribution in [-0.4, -0.2) is 47.9 Å². The smallest absolute Gasteiger partial charge is 0.328 e. The number of benzene rings is 1. The number of ether oxygens (including phenoxy) is 2. The quantitative estimate of drug-likeness (QED) is 0.590. The van der Waals surface area contributed by atoms with Gasteiger partial charge in [0.1, 0.15) is 17.6 Å². The number of esters is 1. The van der Waals surface area contributed by atoms with Crippen LogP contribution in [-0.2, 0) is 16.0 Å². The number of hydrogen-bond acceptors (Lipinski definition) is 8. The van der Waals surface area contributed by atoms with Crippen LogP contribution in [0.15, 0.2) is 47.1 Å². The van der Waals surface area contributed by atoms with E-state index in [9.17, 15) is 4.79 Å². The van der Waals surface area contributed by atoms with Crippen LogP contribution in [0.4, 0.5) is 5.82 Å². The van der Waals surface area contributed by atoms with Crippen LogP contribution in [0.25, 0.3) is 11.5 Å². The molecule has 29 heavy (non-hydrogen) atoms. The third-order valence-electron chi connectivity index (χ3n) is 5.00. The van der Waals surface area contributed by atoms with Crippen molar-refractivity contribution in [2.45, 2.75) is 25.3 Å². The Bertz CT molecular complexity index is 969. The predicted molar refractivity (Wildman–Crippen MR) is 106 cm³/mol. The molecule has 8 heteroatoms. The zero-order valence-corrected chi connectivity index (χ0v) is 16.4. The first-order chi connectivity index (χ1) is 14.2. The summed E-state index contributed by atoms with van der Waals surface area (Å²) in [5.74, 6) is 2.33. The molecule has 2 aromatic heterocycles. The highest BCUT2D eigenvalue weighted by Gasteiger charge is 2.32. The van der Waals surface area contributed by atoms with Crippen molar-refractivity contribution in [3.63, 3.8) is 0 Å². The van der Waals surface area contributed by atoms with Crippen LogP contribution in [0.1, 0.15) is 24.2 Å². The highest BCUT2D eigenvalue weighted by atomic mass is 16.5. The molecule has 1 aromatic carbocycles. The van der Waals surface area contributed by atoms with E-state index in [0.717, 1.165) is 42.1 Å². The fraction of sp³-hybridized carbons (Fsp3) is 0.333. The van der Waals surface area contributed by atoms with Crippen LogP contribution in [0.5, 0.6) is 5.75 Å². The van der Waals surface area contributed by atoms with E-state index in [-0.39, 0.29) is 12.0 Å². The van der Waals surface area contributed by atoms with Gasteiger partial charge in [-0.15, -0.1) is 0 Å². The maximum Gasteiger partial charge on any atom is 0.328 e. The Morgan fingerprint density at radius 1 is 1.21 bits per heavy atom. The molecule has 1 saturated heterocycles. The van der Waals surface area contributed by atoms with Gasteiger partial charge in [-0.05, 0) is 42.7 Å². The van der Waals surface area contributed by atoms with Crippen molar-refractivity contribution in [1.29, 1.82) is 0 Å². The Morgan fingerprint density at radius 3 is 2.72 bits per heavy atom. The van der Waals surface area contributed by atoms with E-state index in [4.69, 9.17) is 14.0 Å². The molecule has 0 unspecified atom stereocenters. The van der Waals surface area contributed by atoms with Gasteiger partial charge >= 0.3 is 5.97 Å². The van der Waals surface area contributed by atoms with Crippen molar-refractivity contribution in [1.82, 2.24) is 15.1 Å². The summed E-state index contributed by atoms with van der Waals surface area (Å²) in [6, 6.07) is 11.2. The molecule has 0 N–H and O–H groups in total. The Labute approximate surface area is 168 Å². The largest absolute Gasteiger partial charge is 0.497 e. The summed E-state index contributed by atoms with van der Waals surface area (Å²) in [6.07, 6.45) is 3.95. The molecule has 1 fully saturated rings. The number of aromatic nitrogens is 3. The van der Waals surface area contributed by atoms with Gasteiger partial charge in [0.15, 0.2) is 5.82 Å². The minimum absolute atomic E-state index is 0.228. The van der Waals surface area contributed by atoms with Gasteiger partial charge in [0, 0.05) is 19.2 Å². The number of nitrogens with zero attached hydrogens (tertiary/aromatic N) is 4. The van der Waals surface area contributed by atoms with Crippen molar-refractivity contribution < 1.29 is 18.8 Å². The fourth-order valence-electron chi connectivity index (χ4n) is 3.47. The molecule has 1 aliphatic rings. The Hall–Kier alpha value is -3.42. The van der Waals surface area contributed by atoms with Gasteiger partial charge in [-0.2, -0.15) is 4.98 Å². The molecule has 4 rings (SSSR count). The summed E-state index contributed by atoms with van der Waals surface area (Å²) < 4.78 is 15.5. The molecular formula is C21H22N4O4. The number of anilines is 1. The lowest BCUT2D eigenvalue weighted by Crippen LogP contribution is -2.37. The first kappa shape index (κ1) is 18.9. The lowest BCUT2D eigenvalue weighted by Gasteiger charge is -2.23. The van der Waals surface area contributed by atoms with Gasteiger partial charge in [-0.1, -0.05) is 17.3 Å². The molecule has 0 saturated carbocycles. The van der Waals surface area contributed by atoms with Crippen LogP contribution in [0, 0.1) is 0 Å². The minimum Gasteiger partial charge on any atom is -0.497 e. The second-order valence-electron chi connectivity index (χ2n) is 6.82. The highest BCUT2D eigenvalue weighted by Crippen LogP contribution is 2.26. The first-order valence-electron chi connectivity index (χ1n) is 9.44. The second kappa shape index (κ2) is 8.30. The maximum absolute atomic E-state index is 11.9. The standard InChI is InChI=1S/C21H22N4O4/c1-27-16-8-5-14(6-9-16)12-18-23-20(29-24-18)15-7-10-19(22-13-15)25-11-3-4-17(25)21(26)28-2/h5-10,13,17H,3-4,11-12H2,1-2H3/t17-/m0/s1. The molecule has 8 nitrogen and oxygen atoms in total. The minimum atomic E-state index is -0.280. The van der Waals surface area contributed by atoms with E-state index >= 15 is 0 Å². The Kier molecular flexibility index (Phi) is 5.41. The van der Waals surface area contributed by atoms with E-state index in [2.05, 4.69) is 15.1 Å². The molecule has 1 atom stereocenters. The van der Waals surface area contributed by atoms with Crippen LogP contribution < -0.4 is 9.64 Å². The summed E-state index contributed by atoms with van der Waals surface area (Å²) in [4.78, 5) is 22.9. The van der Waals surface area contributed by atoms with E-state index in [1.165, 1.54) is 7.11 Å². The summed E-state index contributed by atoms with van der Waals surface area (Å²) in [6.45, 7) is 0.776. The summed E-state index contributed by atoms with van der Waals surface area (Å²) >= 11 is 0. The number of carbonyl (C=O) groups is 1. The molecule has 0 amide bonds. The van der Waals surface area contributed by atoms with Crippen molar-refractivity contribution in [3.05, 3.63) is 54.0 Å². The lowest BCUT2D eigenvalue weighted by molar-refractivity contribution is -0.141. The van der Waals surface area contributed by atoms with Gasteiger partial charge in [0.2, 0.25) is 0 Å². The molecule has 3 aromatic rings. The number of pyridine rings is 1. The molecule has 0 spiro atoms. The number of hydrogen-bond donors (Lipinski definition) is 0. The maximum atomic E-state index is 11.9. The highest BCUT2D eigenvalue weighted by molar-refractivity contribution is 5.80. The van der Waals surface area contributed by atoms with Crippen LogP contribution in [0.2, 0.25) is 0 Å². The molecule has 3 heterocycles. The van der Waals surface area contributed by atoms with Crippen molar-refractivity contribution in [2.75, 3.05) is 25.7 Å². The van der Waals surface area contributed by atoms with E-state index in [1.807, 2.05) is 41.3 Å². The molecule has 150 valence electrons. The molecule has 1 aliphatic heterocycles. The SMILES string of the molecule is COC(=O)[C@@H]1CCCN1c1ccc(-c2nc(Cc3ccc(OC)cc3)no2)cn1. The van der Waals surface area contributed by atoms with Gasteiger partial charge < -0.3 is 18.9 Å². The molecule has 0 radical (unpaired) electrons. The molecule has 0 aliphatic carbocycles. The zero-order chi connectivity index (χ0) is 20.2. The van der Waals surface area contributed by atoms with Crippen molar-refractivity contribution in [2.24, 2.45) is 0 Å². The first-order valence-corrected chi connectivity index (χ1v) is 9.44.